The van der Waals surface area contributed by atoms with E-state index in [-0.39, 0.29) is 28.2 Å². The van der Waals surface area contributed by atoms with Crippen LogP contribution in [0.3, 0.4) is 0 Å². The van der Waals surface area contributed by atoms with Crippen LogP contribution in [0.2, 0.25) is 0 Å². The third-order valence-electron chi connectivity index (χ3n) is 8.97. The van der Waals surface area contributed by atoms with Crippen molar-refractivity contribution in [3.8, 4) is 11.8 Å². The third-order valence-corrected chi connectivity index (χ3v) is 8.97. The minimum atomic E-state index is -1.44. The van der Waals surface area contributed by atoms with Gasteiger partial charge in [0.2, 0.25) is 11.8 Å². The Morgan fingerprint density at radius 2 is 1.00 bits per heavy atom. The molecule has 0 radical (unpaired) electrons. The maximum atomic E-state index is 12.8. The van der Waals surface area contributed by atoms with Gasteiger partial charge in [-0.05, 0) is 52.6 Å². The van der Waals surface area contributed by atoms with E-state index in [1.807, 2.05) is 96.1 Å². The quantitative estimate of drug-likeness (QED) is 0.106. The fourth-order valence-corrected chi connectivity index (χ4v) is 5.37. The predicted molar refractivity (Wildman–Crippen MR) is 210 cm³/mol. The van der Waals surface area contributed by atoms with Crippen molar-refractivity contribution in [2.75, 3.05) is 14.2 Å². The van der Waals surface area contributed by atoms with Crippen LogP contribution in [0.15, 0.2) is 97.3 Å². The molecule has 6 aromatic rings. The summed E-state index contributed by atoms with van der Waals surface area (Å²) >= 11 is -1.44. The summed E-state index contributed by atoms with van der Waals surface area (Å²) in [4.78, 5) is 54.4. The number of carbonyl (C=O) groups is 3. The molecular weight excluding hydrogens is 767 g/mol. The number of fused-ring (bicyclic) bond motifs is 2. The number of Topliss-reactive ketones (excluding diaryl/α,β-unsaturated/α-hetero) is 2. The van der Waals surface area contributed by atoms with Crippen LogP contribution in [0, 0.1) is 10.8 Å². The summed E-state index contributed by atoms with van der Waals surface area (Å²) in [6, 6.07) is 25.4. The molecule has 2 heterocycles. The molecule has 6 rings (SSSR count). The topological polar surface area (TPSA) is 176 Å². The third kappa shape index (κ3) is 12.1. The van der Waals surface area contributed by atoms with Gasteiger partial charge in [0.1, 0.15) is 17.7 Å². The van der Waals surface area contributed by atoms with E-state index in [2.05, 4.69) is 19.9 Å². The number of nitrogens with zero attached hydrogens (tertiary/aromatic N) is 4. The fraction of sp³-hybridized carbons (Fsp3) is 0.295. The fourth-order valence-electron chi connectivity index (χ4n) is 5.37. The Kier molecular flexibility index (Phi) is 15.0. The van der Waals surface area contributed by atoms with Crippen molar-refractivity contribution in [2.45, 2.75) is 60.5 Å². The van der Waals surface area contributed by atoms with Gasteiger partial charge in [0.25, 0.3) is 0 Å². The Morgan fingerprint density at radius 1 is 0.596 bits per heavy atom. The molecule has 0 saturated heterocycles. The molecule has 0 bridgehead atoms. The van der Waals surface area contributed by atoms with E-state index in [0.717, 1.165) is 27.8 Å². The Balaban J connectivity index is 0.000000236. The normalized spacial score (nSPS) is 11.7. The Bertz CT molecular complexity index is 2400. The monoisotopic (exact) mass is 813 g/mol. The molecule has 0 fully saturated rings. The molecule has 2 aromatic heterocycles. The SMILES string of the molecule is COc1cnc2ccc(C(=O)c3ccc(CC(=O)C(C)(C)C)cc3)cc2n1.COc1cnc2ccc(C(O)c3ccc(CC(=O)C(C)(C)C)cc3)cc2n1.[O]=[Mn]=[O]. The number of benzene rings is 4. The molecule has 0 aliphatic heterocycles. The Morgan fingerprint density at radius 3 is 1.46 bits per heavy atom. The van der Waals surface area contributed by atoms with Crippen molar-refractivity contribution in [2.24, 2.45) is 10.8 Å². The Labute approximate surface area is 337 Å². The van der Waals surface area contributed by atoms with Crippen LogP contribution in [0.1, 0.15) is 85.8 Å². The number of methoxy groups -OCH3 is 2. The van der Waals surface area contributed by atoms with Crippen LogP contribution >= 0.6 is 0 Å². The molecule has 13 heteroatoms. The first-order valence-electron chi connectivity index (χ1n) is 17.9. The second-order valence-electron chi connectivity index (χ2n) is 15.2. The molecule has 0 amide bonds. The van der Waals surface area contributed by atoms with Gasteiger partial charge in [0.05, 0.1) is 48.7 Å². The van der Waals surface area contributed by atoms with Crippen molar-refractivity contribution in [3.05, 3.63) is 131 Å². The Hall–Kier alpha value is -5.75. The summed E-state index contributed by atoms with van der Waals surface area (Å²) in [6.07, 6.45) is 3.08. The van der Waals surface area contributed by atoms with E-state index >= 15 is 0 Å². The molecule has 4 aromatic carbocycles. The molecule has 1 unspecified atom stereocenters. The van der Waals surface area contributed by atoms with Gasteiger partial charge in [-0.25, -0.2) is 19.9 Å². The van der Waals surface area contributed by atoms with E-state index in [4.69, 9.17) is 17.1 Å². The van der Waals surface area contributed by atoms with Gasteiger partial charge in [0.15, 0.2) is 5.78 Å². The summed E-state index contributed by atoms with van der Waals surface area (Å²) in [5.41, 5.74) is 6.41. The van der Waals surface area contributed by atoms with Crippen molar-refractivity contribution < 1.29 is 51.5 Å². The van der Waals surface area contributed by atoms with Gasteiger partial charge >= 0.3 is 22.5 Å². The van der Waals surface area contributed by atoms with Crippen molar-refractivity contribution in [1.82, 2.24) is 19.9 Å². The zero-order chi connectivity index (χ0) is 41.9. The van der Waals surface area contributed by atoms with Crippen LogP contribution in [0.4, 0.5) is 0 Å². The average Bonchev–Trinajstić information content (AvgIpc) is 3.19. The number of hydrogen-bond donors (Lipinski definition) is 1. The van der Waals surface area contributed by atoms with E-state index < -0.39 is 20.9 Å². The van der Waals surface area contributed by atoms with Gasteiger partial charge in [0, 0.05) is 34.8 Å². The molecule has 1 N–H and O–H groups in total. The molecule has 0 aliphatic carbocycles. The van der Waals surface area contributed by atoms with E-state index in [0.29, 0.717) is 52.3 Å². The van der Waals surface area contributed by atoms with Gasteiger partial charge in [-0.3, -0.25) is 14.4 Å². The molecule has 12 nitrogen and oxygen atoms in total. The second kappa shape index (κ2) is 19.4. The first-order valence-corrected chi connectivity index (χ1v) is 18.9. The van der Waals surface area contributed by atoms with Crippen LogP contribution < -0.4 is 9.47 Å². The number of carbonyl (C=O) groups excluding carboxylic acids is 3. The first-order chi connectivity index (χ1) is 27.0. The van der Waals surface area contributed by atoms with Crippen molar-refractivity contribution in [3.63, 3.8) is 0 Å². The zero-order valence-corrected chi connectivity index (χ0v) is 34.4. The van der Waals surface area contributed by atoms with Crippen LogP contribution in [-0.2, 0) is 44.9 Å². The average molecular weight is 814 g/mol. The summed E-state index contributed by atoms with van der Waals surface area (Å²) in [5, 5.41) is 10.7. The molecular formula is C44H46MnN4O8. The van der Waals surface area contributed by atoms with E-state index in [1.165, 1.54) is 7.11 Å². The van der Waals surface area contributed by atoms with Crippen LogP contribution in [-0.4, -0.2) is 56.6 Å². The number of aliphatic hydroxyl groups is 1. The minimum absolute atomic E-state index is 0.102. The zero-order valence-electron chi connectivity index (χ0n) is 33.2. The first kappa shape index (κ1) is 44.0. The number of hydrogen-bond acceptors (Lipinski definition) is 12. The van der Waals surface area contributed by atoms with Gasteiger partial charge < -0.3 is 14.6 Å². The molecule has 0 saturated carbocycles. The summed E-state index contributed by atoms with van der Waals surface area (Å²) in [7, 11) is 3.07. The van der Waals surface area contributed by atoms with Gasteiger partial charge in [-0.1, -0.05) is 96.1 Å². The standard InChI is InChI=1S/C22H24N2O3.C22H22N2O3.Mn.2O/c2*1-22(2,3)19(25)11-14-5-7-15(8-6-14)21(26)16-9-10-17-18(12-16)24-20(27-4)13-23-17;;;/h5-10,12-13,21,26H,11H2,1-4H3;5-10,12-13H,11H2,1-4H3;;;. The summed E-state index contributed by atoms with van der Waals surface area (Å²) in [5.74, 6) is 1.10. The molecule has 0 aliphatic rings. The number of ketones is 3. The molecule has 1 atom stereocenters. The molecule has 297 valence electrons. The van der Waals surface area contributed by atoms with E-state index in [1.54, 1.807) is 49.8 Å². The number of aliphatic hydroxyl groups excluding tert-OH is 1. The second-order valence-corrected chi connectivity index (χ2v) is 15.4. The van der Waals surface area contributed by atoms with Crippen molar-refractivity contribution >= 4 is 39.4 Å². The predicted octanol–water partition coefficient (Wildman–Crippen LogP) is 7.66. The number of aromatic nitrogens is 4. The van der Waals surface area contributed by atoms with Crippen LogP contribution in [0.5, 0.6) is 11.8 Å². The van der Waals surface area contributed by atoms with Gasteiger partial charge in [-0.2, -0.15) is 0 Å². The molecule has 57 heavy (non-hydrogen) atoms. The van der Waals surface area contributed by atoms with Crippen molar-refractivity contribution in [1.29, 1.82) is 0 Å². The summed E-state index contributed by atoms with van der Waals surface area (Å²) in [6.45, 7) is 11.5. The molecule has 0 spiro atoms. The number of rotatable bonds is 10. The van der Waals surface area contributed by atoms with Gasteiger partial charge in [-0.15, -0.1) is 0 Å². The van der Waals surface area contributed by atoms with E-state index in [9.17, 15) is 19.5 Å². The summed E-state index contributed by atoms with van der Waals surface area (Å²) < 4.78 is 27.0. The maximum absolute atomic E-state index is 12.8. The number of ether oxygens (including phenoxy) is 2. The van der Waals surface area contributed by atoms with Crippen LogP contribution in [0.25, 0.3) is 22.1 Å².